The van der Waals surface area contributed by atoms with E-state index in [0.29, 0.717) is 6.07 Å². The molecule has 36 heavy (non-hydrogen) atoms. The molecule has 1 aromatic carbocycles. The van der Waals surface area contributed by atoms with Crippen molar-refractivity contribution >= 4 is 11.9 Å². The van der Waals surface area contributed by atoms with Crippen LogP contribution >= 0.6 is 0 Å². The third-order valence-corrected chi connectivity index (χ3v) is 6.32. The highest BCUT2D eigenvalue weighted by atomic mass is 19.2. The molecule has 206 valence electrons. The summed E-state index contributed by atoms with van der Waals surface area (Å²) >= 11 is 0. The fraction of sp³-hybridized carbons (Fsp3) is 0.724. The molecule has 0 saturated heterocycles. The van der Waals surface area contributed by atoms with Gasteiger partial charge in [0, 0.05) is 0 Å². The van der Waals surface area contributed by atoms with Crippen LogP contribution in [0, 0.1) is 23.4 Å². The third kappa shape index (κ3) is 13.3. The molecule has 1 rings (SSSR count). The van der Waals surface area contributed by atoms with E-state index >= 15 is 0 Å². The van der Waals surface area contributed by atoms with Gasteiger partial charge in [0.1, 0.15) is 6.04 Å². The molecule has 7 heteroatoms. The highest BCUT2D eigenvalue weighted by Gasteiger charge is 2.26. The second-order valence-corrected chi connectivity index (χ2v) is 10.1. The molecule has 0 aliphatic carbocycles. The SMILES string of the molecule is CCCCCCCCCCCCCCCCOC(=O)C(CC(C)C)NC(=O)c1ccc(F)c(F)c1F. The van der Waals surface area contributed by atoms with Crippen molar-refractivity contribution in [3.63, 3.8) is 0 Å². The van der Waals surface area contributed by atoms with Crippen molar-refractivity contribution < 1.29 is 27.5 Å². The molecule has 1 unspecified atom stereocenters. The molecule has 0 spiro atoms. The summed E-state index contributed by atoms with van der Waals surface area (Å²) in [6.45, 7) is 6.24. The second-order valence-electron chi connectivity index (χ2n) is 10.1. The largest absolute Gasteiger partial charge is 0.464 e. The predicted octanol–water partition coefficient (Wildman–Crippen LogP) is 8.27. The highest BCUT2D eigenvalue weighted by Crippen LogP contribution is 2.17. The lowest BCUT2D eigenvalue weighted by Crippen LogP contribution is -2.43. The van der Waals surface area contributed by atoms with Gasteiger partial charge in [-0.25, -0.2) is 18.0 Å². The molecule has 1 N–H and O–H groups in total. The van der Waals surface area contributed by atoms with Crippen LogP contribution in [0.3, 0.4) is 0 Å². The molecule has 4 nitrogen and oxygen atoms in total. The average Bonchev–Trinajstić information content (AvgIpc) is 2.84. The Labute approximate surface area is 215 Å². The van der Waals surface area contributed by atoms with Gasteiger partial charge in [-0.1, -0.05) is 104 Å². The number of halogens is 3. The molecule has 0 aromatic heterocycles. The molecular formula is C29H46F3NO3. The molecular weight excluding hydrogens is 467 g/mol. The van der Waals surface area contributed by atoms with Crippen LogP contribution in [0.4, 0.5) is 13.2 Å². The van der Waals surface area contributed by atoms with E-state index in [1.165, 1.54) is 70.6 Å². The number of carbonyl (C=O) groups excluding carboxylic acids is 2. The van der Waals surface area contributed by atoms with Gasteiger partial charge in [0.05, 0.1) is 12.2 Å². The van der Waals surface area contributed by atoms with Gasteiger partial charge in [0.15, 0.2) is 17.5 Å². The Morgan fingerprint density at radius 1 is 0.778 bits per heavy atom. The molecule has 0 aliphatic rings. The Bertz CT molecular complexity index is 770. The smallest absolute Gasteiger partial charge is 0.328 e. The van der Waals surface area contributed by atoms with Gasteiger partial charge in [-0.3, -0.25) is 4.79 Å². The van der Waals surface area contributed by atoms with Gasteiger partial charge in [-0.15, -0.1) is 0 Å². The van der Waals surface area contributed by atoms with Crippen molar-refractivity contribution in [3.8, 4) is 0 Å². The Morgan fingerprint density at radius 3 is 1.78 bits per heavy atom. The number of carbonyl (C=O) groups is 2. The van der Waals surface area contributed by atoms with Gasteiger partial charge in [-0.2, -0.15) is 0 Å². The number of hydrogen-bond donors (Lipinski definition) is 1. The maximum atomic E-state index is 13.9. The van der Waals surface area contributed by atoms with E-state index in [1.54, 1.807) is 0 Å². The Balaban J connectivity index is 2.23. The maximum absolute atomic E-state index is 13.9. The minimum Gasteiger partial charge on any atom is -0.464 e. The van der Waals surface area contributed by atoms with Gasteiger partial charge in [0.2, 0.25) is 0 Å². The summed E-state index contributed by atoms with van der Waals surface area (Å²) in [5.41, 5.74) is -0.651. The van der Waals surface area contributed by atoms with Crippen LogP contribution in [0.25, 0.3) is 0 Å². The van der Waals surface area contributed by atoms with Crippen molar-refractivity contribution in [2.24, 2.45) is 5.92 Å². The second kappa shape index (κ2) is 19.1. The van der Waals surface area contributed by atoms with E-state index in [-0.39, 0.29) is 18.9 Å². The molecule has 0 radical (unpaired) electrons. The summed E-state index contributed by atoms with van der Waals surface area (Å²) in [5.74, 6) is -6.20. The van der Waals surface area contributed by atoms with E-state index in [2.05, 4.69) is 12.2 Å². The first kappa shape index (κ1) is 32.0. The van der Waals surface area contributed by atoms with Gasteiger partial charge in [-0.05, 0) is 30.9 Å². The normalized spacial score (nSPS) is 12.1. The van der Waals surface area contributed by atoms with E-state index in [9.17, 15) is 22.8 Å². The van der Waals surface area contributed by atoms with Crippen LogP contribution < -0.4 is 5.32 Å². The summed E-state index contributed by atoms with van der Waals surface area (Å²) in [4.78, 5) is 24.9. The molecule has 0 saturated carbocycles. The number of rotatable bonds is 20. The molecule has 0 bridgehead atoms. The van der Waals surface area contributed by atoms with Crippen molar-refractivity contribution in [2.75, 3.05) is 6.61 Å². The lowest BCUT2D eigenvalue weighted by molar-refractivity contribution is -0.146. The first-order valence-electron chi connectivity index (χ1n) is 13.9. The zero-order valence-electron chi connectivity index (χ0n) is 22.5. The predicted molar refractivity (Wildman–Crippen MR) is 138 cm³/mol. The van der Waals surface area contributed by atoms with Crippen LogP contribution in [0.15, 0.2) is 12.1 Å². The fourth-order valence-electron chi connectivity index (χ4n) is 4.19. The summed E-state index contributed by atoms with van der Waals surface area (Å²) < 4.78 is 45.9. The quantitative estimate of drug-likeness (QED) is 0.108. The number of ether oxygens (including phenoxy) is 1. The van der Waals surface area contributed by atoms with Crippen molar-refractivity contribution in [1.29, 1.82) is 0 Å². The number of hydrogen-bond acceptors (Lipinski definition) is 3. The standard InChI is InChI=1S/C29H46F3NO3/c1-4-5-6-7-8-9-10-11-12-13-14-15-16-17-20-36-29(35)25(21-22(2)3)33-28(34)23-18-19-24(30)27(32)26(23)31/h18-19,22,25H,4-17,20-21H2,1-3H3,(H,33,34). The molecule has 0 heterocycles. The topological polar surface area (TPSA) is 55.4 Å². The number of esters is 1. The Hall–Kier alpha value is -2.05. The monoisotopic (exact) mass is 513 g/mol. The Kier molecular flexibility index (Phi) is 17.0. The van der Waals surface area contributed by atoms with Gasteiger partial charge in [0.25, 0.3) is 5.91 Å². The van der Waals surface area contributed by atoms with Crippen molar-refractivity contribution in [1.82, 2.24) is 5.32 Å². The molecule has 1 amide bonds. The van der Waals surface area contributed by atoms with Crippen LogP contribution in [-0.4, -0.2) is 24.5 Å². The summed E-state index contributed by atoms with van der Waals surface area (Å²) in [7, 11) is 0. The van der Waals surface area contributed by atoms with Crippen molar-refractivity contribution in [2.45, 2.75) is 123 Å². The average molecular weight is 514 g/mol. The number of amides is 1. The molecule has 1 aromatic rings. The minimum absolute atomic E-state index is 0.0544. The lowest BCUT2D eigenvalue weighted by atomic mass is 10.0. The number of nitrogens with one attached hydrogen (secondary N) is 1. The molecule has 0 aliphatic heterocycles. The zero-order chi connectivity index (χ0) is 26.8. The number of unbranched alkanes of at least 4 members (excludes halogenated alkanes) is 13. The van der Waals surface area contributed by atoms with E-state index in [4.69, 9.17) is 4.74 Å². The first-order valence-corrected chi connectivity index (χ1v) is 13.9. The Morgan fingerprint density at radius 2 is 1.28 bits per heavy atom. The van der Waals surface area contributed by atoms with Crippen molar-refractivity contribution in [3.05, 3.63) is 35.1 Å². The summed E-state index contributed by atoms with van der Waals surface area (Å²) in [5, 5.41) is 2.41. The molecule has 0 fully saturated rings. The minimum atomic E-state index is -1.72. The summed E-state index contributed by atoms with van der Waals surface area (Å²) in [6.07, 6.45) is 17.5. The van der Waals surface area contributed by atoms with E-state index in [0.717, 1.165) is 25.3 Å². The van der Waals surface area contributed by atoms with Gasteiger partial charge >= 0.3 is 5.97 Å². The van der Waals surface area contributed by atoms with Gasteiger partial charge < -0.3 is 10.1 Å². The van der Waals surface area contributed by atoms with Crippen LogP contribution in [0.1, 0.15) is 127 Å². The van der Waals surface area contributed by atoms with Crippen LogP contribution in [-0.2, 0) is 9.53 Å². The third-order valence-electron chi connectivity index (χ3n) is 6.32. The lowest BCUT2D eigenvalue weighted by Gasteiger charge is -2.19. The van der Waals surface area contributed by atoms with Crippen LogP contribution in [0.5, 0.6) is 0 Å². The number of benzene rings is 1. The fourth-order valence-corrected chi connectivity index (χ4v) is 4.19. The van der Waals surface area contributed by atoms with E-state index < -0.39 is 40.9 Å². The molecule has 1 atom stereocenters. The van der Waals surface area contributed by atoms with E-state index in [1.807, 2.05) is 13.8 Å². The van der Waals surface area contributed by atoms with Crippen LogP contribution in [0.2, 0.25) is 0 Å². The zero-order valence-corrected chi connectivity index (χ0v) is 22.5. The highest BCUT2D eigenvalue weighted by molar-refractivity contribution is 5.97. The maximum Gasteiger partial charge on any atom is 0.328 e. The summed E-state index contributed by atoms with van der Waals surface area (Å²) in [6, 6.07) is 0.547. The first-order chi connectivity index (χ1) is 17.3.